The van der Waals surface area contributed by atoms with Crippen molar-refractivity contribution in [2.45, 2.75) is 97.9 Å². The lowest BCUT2D eigenvalue weighted by Crippen LogP contribution is -2.38. The molecule has 1 aromatic rings. The summed E-state index contributed by atoms with van der Waals surface area (Å²) in [6, 6.07) is 12.4. The van der Waals surface area contributed by atoms with Crippen LogP contribution in [0.15, 0.2) is 35.9 Å². The van der Waals surface area contributed by atoms with Gasteiger partial charge in [0, 0.05) is 0 Å². The monoisotopic (exact) mass is 360 g/mol. The molecule has 0 fully saturated rings. The predicted molar refractivity (Wildman–Crippen MR) is 115 cm³/mol. The number of aryl methyl sites for hydroxylation is 1. The molecule has 0 aliphatic rings. The summed E-state index contributed by atoms with van der Waals surface area (Å²) in [6.45, 7) is 13.8. The Kier molecular flexibility index (Phi) is 10.4. The van der Waals surface area contributed by atoms with Crippen LogP contribution in [0.3, 0.4) is 0 Å². The maximum absolute atomic E-state index is 7.08. The zero-order valence-electron chi connectivity index (χ0n) is 17.5. The van der Waals surface area contributed by atoms with Gasteiger partial charge in [-0.2, -0.15) is 0 Å². The summed E-state index contributed by atoms with van der Waals surface area (Å²) < 4.78 is 7.08. The summed E-state index contributed by atoms with van der Waals surface area (Å²) in [5, 5.41) is 0. The number of benzene rings is 1. The number of unbranched alkanes of at least 4 members (excludes halogenated alkanes) is 2. The number of hydrogen-bond acceptors (Lipinski definition) is 1. The van der Waals surface area contributed by atoms with Gasteiger partial charge in [0.15, 0.2) is 8.32 Å². The van der Waals surface area contributed by atoms with E-state index in [0.717, 1.165) is 12.8 Å². The SMILES string of the molecule is CCC/C=C(/CCCC)[C@@H](O[Si](CC)(CC)CC)c1ccccc1C. The second kappa shape index (κ2) is 11.7. The number of rotatable bonds is 12. The lowest BCUT2D eigenvalue weighted by Gasteiger charge is -2.35. The van der Waals surface area contributed by atoms with Gasteiger partial charge >= 0.3 is 0 Å². The Bertz CT molecular complexity index is 508. The van der Waals surface area contributed by atoms with E-state index in [1.807, 2.05) is 0 Å². The van der Waals surface area contributed by atoms with E-state index in [-0.39, 0.29) is 6.10 Å². The molecule has 1 atom stereocenters. The first-order valence-electron chi connectivity index (χ1n) is 10.5. The molecule has 1 nitrogen and oxygen atoms in total. The van der Waals surface area contributed by atoms with Gasteiger partial charge in [0.2, 0.25) is 0 Å². The normalized spacial score (nSPS) is 13.9. The Hall–Kier alpha value is -0.863. The Balaban J connectivity index is 3.31. The molecule has 0 unspecified atom stereocenters. The lowest BCUT2D eigenvalue weighted by atomic mass is 9.93. The van der Waals surface area contributed by atoms with Crippen molar-refractivity contribution in [1.82, 2.24) is 0 Å². The smallest absolute Gasteiger partial charge is 0.193 e. The van der Waals surface area contributed by atoms with Crippen molar-refractivity contribution in [3.63, 3.8) is 0 Å². The van der Waals surface area contributed by atoms with Gasteiger partial charge in [-0.1, -0.05) is 77.8 Å². The van der Waals surface area contributed by atoms with Crippen LogP contribution >= 0.6 is 0 Å². The summed E-state index contributed by atoms with van der Waals surface area (Å²) in [5.74, 6) is 0. The van der Waals surface area contributed by atoms with Crippen molar-refractivity contribution in [1.29, 1.82) is 0 Å². The van der Waals surface area contributed by atoms with Crippen LogP contribution in [0.5, 0.6) is 0 Å². The highest BCUT2D eigenvalue weighted by atomic mass is 28.4. The second-order valence-electron chi connectivity index (χ2n) is 7.27. The van der Waals surface area contributed by atoms with E-state index in [4.69, 9.17) is 4.43 Å². The molecule has 0 N–H and O–H groups in total. The molecule has 0 aromatic heterocycles. The first-order valence-corrected chi connectivity index (χ1v) is 13.0. The average Bonchev–Trinajstić information content (AvgIpc) is 2.65. The molecule has 0 amide bonds. The second-order valence-corrected chi connectivity index (χ2v) is 12.0. The molecule has 0 aliphatic carbocycles. The highest BCUT2D eigenvalue weighted by Gasteiger charge is 2.34. The van der Waals surface area contributed by atoms with E-state index in [1.54, 1.807) is 0 Å². The lowest BCUT2D eigenvalue weighted by molar-refractivity contribution is 0.219. The highest BCUT2D eigenvalue weighted by molar-refractivity contribution is 6.73. The molecule has 0 aliphatic heterocycles. The highest BCUT2D eigenvalue weighted by Crippen LogP contribution is 2.37. The molecule has 0 bridgehead atoms. The van der Waals surface area contributed by atoms with Crippen LogP contribution in [0.4, 0.5) is 0 Å². The largest absolute Gasteiger partial charge is 0.406 e. The van der Waals surface area contributed by atoms with Crippen LogP contribution in [-0.4, -0.2) is 8.32 Å². The molecule has 2 heteroatoms. The molecule has 142 valence electrons. The van der Waals surface area contributed by atoms with E-state index in [0.29, 0.717) is 0 Å². The molecular weight excluding hydrogens is 320 g/mol. The zero-order chi connectivity index (χ0) is 18.7. The Morgan fingerprint density at radius 2 is 1.64 bits per heavy atom. The molecule has 25 heavy (non-hydrogen) atoms. The fraction of sp³-hybridized carbons (Fsp3) is 0.652. The third kappa shape index (κ3) is 6.42. The summed E-state index contributed by atoms with van der Waals surface area (Å²) in [4.78, 5) is 0. The molecule has 0 radical (unpaired) electrons. The molecule has 1 aromatic carbocycles. The van der Waals surface area contributed by atoms with Gasteiger partial charge in [-0.3, -0.25) is 0 Å². The topological polar surface area (TPSA) is 9.23 Å². The van der Waals surface area contributed by atoms with Gasteiger partial charge in [0.05, 0.1) is 6.10 Å². The third-order valence-corrected chi connectivity index (χ3v) is 10.2. The third-order valence-electron chi connectivity index (χ3n) is 5.62. The maximum Gasteiger partial charge on any atom is 0.193 e. The van der Waals surface area contributed by atoms with Crippen molar-refractivity contribution in [2.75, 3.05) is 0 Å². The minimum Gasteiger partial charge on any atom is -0.406 e. The fourth-order valence-electron chi connectivity index (χ4n) is 3.52. The van der Waals surface area contributed by atoms with Gasteiger partial charge in [0.1, 0.15) is 0 Å². The first kappa shape index (κ1) is 22.2. The number of allylic oxidation sites excluding steroid dienone is 1. The van der Waals surface area contributed by atoms with E-state index < -0.39 is 8.32 Å². The van der Waals surface area contributed by atoms with Crippen LogP contribution in [0.2, 0.25) is 18.1 Å². The van der Waals surface area contributed by atoms with E-state index in [2.05, 4.69) is 71.9 Å². The Morgan fingerprint density at radius 3 is 2.16 bits per heavy atom. The van der Waals surface area contributed by atoms with Gasteiger partial charge < -0.3 is 4.43 Å². The van der Waals surface area contributed by atoms with Crippen molar-refractivity contribution >= 4 is 8.32 Å². The molecule has 1 rings (SSSR count). The summed E-state index contributed by atoms with van der Waals surface area (Å²) in [5.41, 5.74) is 4.26. The van der Waals surface area contributed by atoms with E-state index >= 15 is 0 Å². The molecule has 0 spiro atoms. The fourth-order valence-corrected chi connectivity index (χ4v) is 6.30. The van der Waals surface area contributed by atoms with Gasteiger partial charge in [-0.25, -0.2) is 0 Å². The number of hydrogen-bond donors (Lipinski definition) is 0. The maximum atomic E-state index is 7.08. The van der Waals surface area contributed by atoms with Crippen molar-refractivity contribution in [3.8, 4) is 0 Å². The predicted octanol–water partition coefficient (Wildman–Crippen LogP) is 7.97. The van der Waals surface area contributed by atoms with Crippen LogP contribution in [-0.2, 0) is 4.43 Å². The van der Waals surface area contributed by atoms with Crippen LogP contribution < -0.4 is 0 Å². The zero-order valence-corrected chi connectivity index (χ0v) is 18.5. The van der Waals surface area contributed by atoms with Crippen LogP contribution in [0, 0.1) is 6.92 Å². The van der Waals surface area contributed by atoms with Gasteiger partial charge in [-0.05, 0) is 61.0 Å². The summed E-state index contributed by atoms with van der Waals surface area (Å²) in [7, 11) is -1.67. The molecular formula is C23H40OSi. The van der Waals surface area contributed by atoms with Crippen molar-refractivity contribution in [2.24, 2.45) is 0 Å². The average molecular weight is 361 g/mol. The van der Waals surface area contributed by atoms with Crippen LogP contribution in [0.1, 0.15) is 84.0 Å². The molecule has 0 saturated heterocycles. The van der Waals surface area contributed by atoms with Crippen molar-refractivity contribution < 1.29 is 4.43 Å². The summed E-state index contributed by atoms with van der Waals surface area (Å²) >= 11 is 0. The molecule has 0 heterocycles. The minimum absolute atomic E-state index is 0.158. The Morgan fingerprint density at radius 1 is 1.00 bits per heavy atom. The van der Waals surface area contributed by atoms with Gasteiger partial charge in [-0.15, -0.1) is 0 Å². The standard InChI is InChI=1S/C23H40OSi/c1-7-12-17-21(18-13-8-2)23(22-19-15-14-16-20(22)6)24-25(9-3,10-4)11-5/h14-17,19,23H,7-13,18H2,1-6H3/b21-17-/t23-/m1/s1. The molecule has 0 saturated carbocycles. The van der Waals surface area contributed by atoms with E-state index in [1.165, 1.54) is 54.1 Å². The van der Waals surface area contributed by atoms with Crippen LogP contribution in [0.25, 0.3) is 0 Å². The quantitative estimate of drug-likeness (QED) is 0.271. The Labute approximate surface area is 158 Å². The van der Waals surface area contributed by atoms with E-state index in [9.17, 15) is 0 Å². The van der Waals surface area contributed by atoms with Gasteiger partial charge in [0.25, 0.3) is 0 Å². The minimum atomic E-state index is -1.67. The first-order chi connectivity index (χ1) is 12.1. The van der Waals surface area contributed by atoms with Crippen molar-refractivity contribution in [3.05, 3.63) is 47.0 Å². The summed E-state index contributed by atoms with van der Waals surface area (Å²) in [6.07, 6.45) is 8.65.